The third-order valence-electron chi connectivity index (χ3n) is 3.26. The van der Waals surface area contributed by atoms with Crippen LogP contribution in [0, 0.1) is 12.7 Å². The molecule has 3 heteroatoms. The van der Waals surface area contributed by atoms with Gasteiger partial charge in [-0.2, -0.15) is 0 Å². The van der Waals surface area contributed by atoms with Gasteiger partial charge in [0.05, 0.1) is 12.1 Å². The minimum atomic E-state index is -0.279. The summed E-state index contributed by atoms with van der Waals surface area (Å²) in [7, 11) is 0. The molecular weight excluding hydrogens is 205 g/mol. The van der Waals surface area contributed by atoms with Crippen LogP contribution in [0.4, 0.5) is 10.1 Å². The molecule has 0 heterocycles. The third-order valence-corrected chi connectivity index (χ3v) is 3.26. The third kappa shape index (κ3) is 2.53. The maximum absolute atomic E-state index is 12.9. The Kier molecular flexibility index (Phi) is 3.44. The highest BCUT2D eigenvalue weighted by Gasteiger charge is 2.22. The van der Waals surface area contributed by atoms with Crippen LogP contribution >= 0.6 is 0 Å². The predicted octanol–water partition coefficient (Wildman–Crippen LogP) is 2.85. The van der Waals surface area contributed by atoms with Crippen LogP contribution < -0.4 is 5.32 Å². The van der Waals surface area contributed by atoms with E-state index in [1.165, 1.54) is 12.1 Å². The highest BCUT2D eigenvalue weighted by molar-refractivity contribution is 5.51. The summed E-state index contributed by atoms with van der Waals surface area (Å²) >= 11 is 0. The zero-order valence-corrected chi connectivity index (χ0v) is 9.54. The van der Waals surface area contributed by atoms with Crippen LogP contribution in [0.15, 0.2) is 18.2 Å². The highest BCUT2D eigenvalue weighted by atomic mass is 19.1. The molecule has 1 aliphatic rings. The van der Waals surface area contributed by atoms with Crippen LogP contribution in [-0.4, -0.2) is 17.3 Å². The average Bonchev–Trinajstić information content (AvgIpc) is 2.25. The fourth-order valence-electron chi connectivity index (χ4n) is 2.27. The van der Waals surface area contributed by atoms with E-state index in [4.69, 9.17) is 0 Å². The molecule has 2 atom stereocenters. The quantitative estimate of drug-likeness (QED) is 0.808. The second-order valence-corrected chi connectivity index (χ2v) is 4.56. The SMILES string of the molecule is Cc1cc(F)ccc1NC1CCCCC1O. The molecule has 2 rings (SSSR count). The standard InChI is InChI=1S/C13H18FNO/c1-9-8-10(14)6-7-11(9)15-12-4-2-3-5-13(12)16/h6-8,12-13,15-16H,2-5H2,1H3. The molecule has 1 saturated carbocycles. The molecule has 88 valence electrons. The molecule has 16 heavy (non-hydrogen) atoms. The van der Waals surface area contributed by atoms with Gasteiger partial charge in [0.15, 0.2) is 0 Å². The molecule has 1 fully saturated rings. The summed E-state index contributed by atoms with van der Waals surface area (Å²) in [6.07, 6.45) is 3.81. The Balaban J connectivity index is 2.07. The number of hydrogen-bond donors (Lipinski definition) is 2. The van der Waals surface area contributed by atoms with Gasteiger partial charge in [0, 0.05) is 5.69 Å². The van der Waals surface area contributed by atoms with Gasteiger partial charge in [-0.15, -0.1) is 0 Å². The number of benzene rings is 1. The van der Waals surface area contributed by atoms with E-state index in [1.54, 1.807) is 6.07 Å². The molecule has 0 aliphatic heterocycles. The van der Waals surface area contributed by atoms with Crippen LogP contribution in [-0.2, 0) is 0 Å². The minimum absolute atomic E-state index is 0.109. The first-order valence-corrected chi connectivity index (χ1v) is 5.87. The number of hydrogen-bond acceptors (Lipinski definition) is 2. The zero-order chi connectivity index (χ0) is 11.5. The second kappa shape index (κ2) is 4.83. The molecule has 1 aliphatic carbocycles. The number of rotatable bonds is 2. The number of anilines is 1. The zero-order valence-electron chi connectivity index (χ0n) is 9.54. The van der Waals surface area contributed by atoms with E-state index < -0.39 is 0 Å². The maximum Gasteiger partial charge on any atom is 0.123 e. The predicted molar refractivity (Wildman–Crippen MR) is 63.0 cm³/mol. The fourth-order valence-corrected chi connectivity index (χ4v) is 2.27. The van der Waals surface area contributed by atoms with E-state index in [0.29, 0.717) is 0 Å². The summed E-state index contributed by atoms with van der Waals surface area (Å²) in [5, 5.41) is 13.1. The molecule has 2 nitrogen and oxygen atoms in total. The lowest BCUT2D eigenvalue weighted by atomic mass is 9.92. The van der Waals surface area contributed by atoms with Gasteiger partial charge in [0.1, 0.15) is 5.82 Å². The second-order valence-electron chi connectivity index (χ2n) is 4.56. The highest BCUT2D eigenvalue weighted by Crippen LogP contribution is 2.24. The van der Waals surface area contributed by atoms with Gasteiger partial charge in [0.25, 0.3) is 0 Å². The van der Waals surface area contributed by atoms with Crippen molar-refractivity contribution in [3.8, 4) is 0 Å². The van der Waals surface area contributed by atoms with E-state index in [2.05, 4.69) is 5.32 Å². The smallest absolute Gasteiger partial charge is 0.123 e. The first-order valence-electron chi connectivity index (χ1n) is 5.87. The van der Waals surface area contributed by atoms with Crippen molar-refractivity contribution in [1.82, 2.24) is 0 Å². The molecule has 1 aromatic carbocycles. The summed E-state index contributed by atoms with van der Waals surface area (Å²) in [5.74, 6) is -0.216. The molecule has 2 unspecified atom stereocenters. The Labute approximate surface area is 95.5 Å². The molecule has 0 amide bonds. The largest absolute Gasteiger partial charge is 0.391 e. The monoisotopic (exact) mass is 223 g/mol. The Hall–Kier alpha value is -1.09. The lowest BCUT2D eigenvalue weighted by Crippen LogP contribution is -2.36. The minimum Gasteiger partial charge on any atom is -0.391 e. The topological polar surface area (TPSA) is 32.3 Å². The Bertz CT molecular complexity index is 367. The van der Waals surface area contributed by atoms with Crippen molar-refractivity contribution in [2.24, 2.45) is 0 Å². The van der Waals surface area contributed by atoms with E-state index >= 15 is 0 Å². The van der Waals surface area contributed by atoms with Crippen molar-refractivity contribution in [3.05, 3.63) is 29.6 Å². The summed E-state index contributed by atoms with van der Waals surface area (Å²) in [5.41, 5.74) is 1.81. The van der Waals surface area contributed by atoms with Gasteiger partial charge in [0.2, 0.25) is 0 Å². The molecule has 0 aromatic heterocycles. The summed E-state index contributed by atoms with van der Waals surface area (Å²) in [4.78, 5) is 0. The number of nitrogens with one attached hydrogen (secondary N) is 1. The molecule has 0 radical (unpaired) electrons. The molecule has 2 N–H and O–H groups in total. The Morgan fingerprint density at radius 2 is 2.06 bits per heavy atom. The molecular formula is C13H18FNO. The summed E-state index contributed by atoms with van der Waals surface area (Å²) < 4.78 is 12.9. The van der Waals surface area contributed by atoms with E-state index in [-0.39, 0.29) is 18.0 Å². The van der Waals surface area contributed by atoms with Gasteiger partial charge >= 0.3 is 0 Å². The molecule has 0 bridgehead atoms. The summed E-state index contributed by atoms with van der Waals surface area (Å²) in [6, 6.07) is 4.81. The normalized spacial score (nSPS) is 25.4. The Morgan fingerprint density at radius 3 is 2.75 bits per heavy atom. The first-order chi connectivity index (χ1) is 7.66. The van der Waals surface area contributed by atoms with E-state index in [1.807, 2.05) is 6.92 Å². The van der Waals surface area contributed by atoms with Crippen LogP contribution in [0.2, 0.25) is 0 Å². The fraction of sp³-hybridized carbons (Fsp3) is 0.538. The van der Waals surface area contributed by atoms with Crippen molar-refractivity contribution >= 4 is 5.69 Å². The molecule has 0 saturated heterocycles. The van der Waals surface area contributed by atoms with Crippen molar-refractivity contribution in [2.75, 3.05) is 5.32 Å². The molecule has 0 spiro atoms. The van der Waals surface area contributed by atoms with Crippen molar-refractivity contribution < 1.29 is 9.50 Å². The van der Waals surface area contributed by atoms with Gasteiger partial charge in [-0.3, -0.25) is 0 Å². The van der Waals surface area contributed by atoms with E-state index in [0.717, 1.165) is 36.9 Å². The van der Waals surface area contributed by atoms with E-state index in [9.17, 15) is 9.50 Å². The van der Waals surface area contributed by atoms with Crippen LogP contribution in [0.25, 0.3) is 0 Å². The van der Waals surface area contributed by atoms with Gasteiger partial charge in [-0.1, -0.05) is 12.8 Å². The summed E-state index contributed by atoms with van der Waals surface area (Å²) in [6.45, 7) is 1.88. The Morgan fingerprint density at radius 1 is 1.31 bits per heavy atom. The van der Waals surface area contributed by atoms with Crippen molar-refractivity contribution in [3.63, 3.8) is 0 Å². The number of aryl methyl sites for hydroxylation is 1. The van der Waals surface area contributed by atoms with Gasteiger partial charge < -0.3 is 10.4 Å². The molecule has 1 aromatic rings. The van der Waals surface area contributed by atoms with Gasteiger partial charge in [-0.25, -0.2) is 4.39 Å². The average molecular weight is 223 g/mol. The first kappa shape index (κ1) is 11.4. The lowest BCUT2D eigenvalue weighted by molar-refractivity contribution is 0.116. The van der Waals surface area contributed by atoms with Crippen molar-refractivity contribution in [1.29, 1.82) is 0 Å². The van der Waals surface area contributed by atoms with Crippen molar-refractivity contribution in [2.45, 2.75) is 44.8 Å². The number of aliphatic hydroxyl groups excluding tert-OH is 1. The maximum atomic E-state index is 12.9. The van der Waals surface area contributed by atoms with Crippen LogP contribution in [0.3, 0.4) is 0 Å². The van der Waals surface area contributed by atoms with Crippen LogP contribution in [0.1, 0.15) is 31.2 Å². The number of aliphatic hydroxyl groups is 1. The number of halogens is 1. The van der Waals surface area contributed by atoms with Crippen LogP contribution in [0.5, 0.6) is 0 Å². The lowest BCUT2D eigenvalue weighted by Gasteiger charge is -2.29. The van der Waals surface area contributed by atoms with Gasteiger partial charge in [-0.05, 0) is 43.5 Å².